The average Bonchev–Trinajstić information content (AvgIpc) is 3.76. The predicted octanol–water partition coefficient (Wildman–Crippen LogP) is 11.6. The highest BCUT2D eigenvalue weighted by Gasteiger charge is 2.69. The number of para-hydroxylation sites is 4. The zero-order valence-electron chi connectivity index (χ0n) is 33.4. The molecule has 6 aromatic rings. The molecule has 4 unspecified atom stereocenters. The quantitative estimate of drug-likeness (QED) is 0.143. The zero-order chi connectivity index (χ0) is 38.9. The van der Waals surface area contributed by atoms with Crippen LogP contribution in [0.5, 0.6) is 0 Å². The highest BCUT2D eigenvalue weighted by Crippen LogP contribution is 2.68. The van der Waals surface area contributed by atoms with Crippen LogP contribution in [-0.2, 0) is 5.41 Å². The fraction of sp³-hybridized carbons (Fsp3) is 0.292. The first-order chi connectivity index (χ1) is 27.2. The molecule has 2 aromatic heterocycles. The molecule has 8 heteroatoms. The molecule has 3 aliphatic heterocycles. The Labute approximate surface area is 331 Å². The van der Waals surface area contributed by atoms with Crippen molar-refractivity contribution in [3.8, 4) is 0 Å². The van der Waals surface area contributed by atoms with Crippen molar-refractivity contribution in [2.24, 2.45) is 5.41 Å². The number of anilines is 8. The molecule has 0 N–H and O–H groups in total. The minimum atomic E-state index is -0.716. The summed E-state index contributed by atoms with van der Waals surface area (Å²) in [6, 6.07) is 39.0. The van der Waals surface area contributed by atoms with Crippen LogP contribution in [-0.4, -0.2) is 32.3 Å². The van der Waals surface area contributed by atoms with E-state index in [0.717, 1.165) is 69.4 Å². The third kappa shape index (κ3) is 4.90. The molecule has 0 saturated heterocycles. The normalized spacial score (nSPS) is 22.3. The highest BCUT2D eigenvalue weighted by atomic mass is 15.5. The smallest absolute Gasteiger partial charge is 0.178 e. The molecule has 4 aromatic carbocycles. The summed E-state index contributed by atoms with van der Waals surface area (Å²) in [4.78, 5) is 31.5. The molecule has 0 saturated carbocycles. The maximum absolute atomic E-state index is 5.51. The summed E-state index contributed by atoms with van der Waals surface area (Å²) in [5.41, 5.74) is 7.29. The second kappa shape index (κ2) is 13.3. The number of hydrogen-bond donors (Lipinski definition) is 0. The lowest BCUT2D eigenvalue weighted by molar-refractivity contribution is 0.0944. The Kier molecular flexibility index (Phi) is 8.49. The first kappa shape index (κ1) is 35.7. The lowest BCUT2D eigenvalue weighted by atomic mass is 9.53. The van der Waals surface area contributed by atoms with Crippen molar-refractivity contribution in [3.05, 3.63) is 157 Å². The average molecular weight is 739 g/mol. The second-order valence-corrected chi connectivity index (χ2v) is 16.2. The lowest BCUT2D eigenvalue weighted by Gasteiger charge is -2.63. The molecule has 56 heavy (non-hydrogen) atoms. The van der Waals surface area contributed by atoms with Crippen LogP contribution < -0.4 is 19.6 Å². The van der Waals surface area contributed by atoms with Gasteiger partial charge in [-0.05, 0) is 72.7 Å². The van der Waals surface area contributed by atoms with Crippen molar-refractivity contribution in [2.45, 2.75) is 84.5 Å². The van der Waals surface area contributed by atoms with E-state index < -0.39 is 10.8 Å². The number of aromatic nitrogens is 4. The van der Waals surface area contributed by atoms with E-state index in [1.807, 2.05) is 12.4 Å². The molecule has 5 heterocycles. The number of benzene rings is 4. The number of hydrogen-bond acceptors (Lipinski definition) is 8. The van der Waals surface area contributed by atoms with Crippen molar-refractivity contribution in [1.82, 2.24) is 19.9 Å². The van der Waals surface area contributed by atoms with E-state index in [9.17, 15) is 0 Å². The summed E-state index contributed by atoms with van der Waals surface area (Å²) in [5.74, 6) is 3.77. The van der Waals surface area contributed by atoms with Gasteiger partial charge in [0.25, 0.3) is 0 Å². The van der Waals surface area contributed by atoms with Gasteiger partial charge in [-0.15, -0.1) is 6.58 Å². The topological polar surface area (TPSA) is 64.5 Å². The third-order valence-corrected chi connectivity index (χ3v) is 12.6. The molecule has 0 spiro atoms. The van der Waals surface area contributed by atoms with Crippen LogP contribution >= 0.6 is 0 Å². The fourth-order valence-electron chi connectivity index (χ4n) is 9.78. The van der Waals surface area contributed by atoms with Crippen LogP contribution in [0.3, 0.4) is 0 Å². The predicted molar refractivity (Wildman–Crippen MR) is 229 cm³/mol. The van der Waals surface area contributed by atoms with E-state index in [0.29, 0.717) is 0 Å². The molecular formula is C48H50N8. The molecule has 0 radical (unpaired) electrons. The Hall–Kier alpha value is -6.02. The van der Waals surface area contributed by atoms with Gasteiger partial charge in [0.1, 0.15) is 12.3 Å². The molecule has 282 valence electrons. The third-order valence-electron chi connectivity index (χ3n) is 12.6. The van der Waals surface area contributed by atoms with Gasteiger partial charge >= 0.3 is 0 Å². The standard InChI is InChI=1S/C48H50N8/c1-9-48(10-2)36-26-18-20-28-40(36)56-44-41(49-29-38(52-44)32(5)6)53(34-22-13-11-14-23-34)45(56)47(48,8)46-54(35-24-15-12-16-25-35)43-42(50-30-37(51-43)31(3)4)55(46)39-27-19-17-21-33(39)7/h9,11-32,45-46H,1,10H2,2-8H3. The molecule has 0 amide bonds. The van der Waals surface area contributed by atoms with Crippen LogP contribution in [0.2, 0.25) is 0 Å². The van der Waals surface area contributed by atoms with Gasteiger partial charge in [0.15, 0.2) is 23.3 Å². The molecule has 0 aliphatic carbocycles. The Morgan fingerprint density at radius 1 is 0.607 bits per heavy atom. The summed E-state index contributed by atoms with van der Waals surface area (Å²) in [5, 5.41) is 0. The van der Waals surface area contributed by atoms with Gasteiger partial charge in [-0.2, -0.15) is 0 Å². The van der Waals surface area contributed by atoms with Gasteiger partial charge in [-0.3, -0.25) is 0 Å². The summed E-state index contributed by atoms with van der Waals surface area (Å²) in [7, 11) is 0. The molecule has 8 nitrogen and oxygen atoms in total. The van der Waals surface area contributed by atoms with Crippen LogP contribution in [0.15, 0.2) is 134 Å². The monoisotopic (exact) mass is 738 g/mol. The Bertz CT molecular complexity index is 2430. The first-order valence-corrected chi connectivity index (χ1v) is 20.0. The van der Waals surface area contributed by atoms with Crippen LogP contribution in [0.25, 0.3) is 0 Å². The number of allylic oxidation sites excluding steroid dienone is 1. The number of nitrogens with zero attached hydrogens (tertiary/aromatic N) is 8. The molecule has 0 fully saturated rings. The molecule has 9 rings (SSSR count). The van der Waals surface area contributed by atoms with Gasteiger partial charge in [-0.1, -0.05) is 120 Å². The summed E-state index contributed by atoms with van der Waals surface area (Å²) < 4.78 is 0. The first-order valence-electron chi connectivity index (χ1n) is 20.0. The van der Waals surface area contributed by atoms with Crippen molar-refractivity contribution >= 4 is 46.0 Å². The number of rotatable bonds is 8. The van der Waals surface area contributed by atoms with Crippen molar-refractivity contribution in [2.75, 3.05) is 19.6 Å². The SMILES string of the molecule is C=CC1(CC)c2ccccc2N2c3nc(C(C)C)cnc3N(c3ccccc3)C2C1(C)C1N(c2ccccc2)c2nc(C(C)C)cnc2N1c1ccccc1C. The van der Waals surface area contributed by atoms with E-state index in [4.69, 9.17) is 26.5 Å². The van der Waals surface area contributed by atoms with E-state index in [1.165, 1.54) is 5.56 Å². The van der Waals surface area contributed by atoms with E-state index in [1.54, 1.807) is 0 Å². The second-order valence-electron chi connectivity index (χ2n) is 16.2. The van der Waals surface area contributed by atoms with Gasteiger partial charge in [0, 0.05) is 28.2 Å². The highest BCUT2D eigenvalue weighted by molar-refractivity contribution is 5.90. The summed E-state index contributed by atoms with van der Waals surface area (Å²) in [6.07, 6.45) is 6.27. The maximum atomic E-state index is 5.51. The van der Waals surface area contributed by atoms with Crippen molar-refractivity contribution in [3.63, 3.8) is 0 Å². The molecular weight excluding hydrogens is 689 g/mol. The maximum Gasteiger partial charge on any atom is 0.178 e. The fourth-order valence-corrected chi connectivity index (χ4v) is 9.78. The van der Waals surface area contributed by atoms with E-state index in [2.05, 4.69) is 183 Å². The zero-order valence-corrected chi connectivity index (χ0v) is 33.4. The van der Waals surface area contributed by atoms with E-state index in [-0.39, 0.29) is 24.2 Å². The Morgan fingerprint density at radius 2 is 1.05 bits per heavy atom. The van der Waals surface area contributed by atoms with Gasteiger partial charge in [-0.25, -0.2) is 19.9 Å². The van der Waals surface area contributed by atoms with E-state index >= 15 is 0 Å². The Balaban J connectivity index is 1.45. The number of aryl methyl sites for hydroxylation is 1. The van der Waals surface area contributed by atoms with Gasteiger partial charge < -0.3 is 19.6 Å². The van der Waals surface area contributed by atoms with Crippen LogP contribution in [0.1, 0.15) is 82.3 Å². The summed E-state index contributed by atoms with van der Waals surface area (Å²) in [6.45, 7) is 20.5. The molecule has 0 bridgehead atoms. The van der Waals surface area contributed by atoms with Crippen LogP contribution in [0.4, 0.5) is 46.0 Å². The summed E-state index contributed by atoms with van der Waals surface area (Å²) >= 11 is 0. The van der Waals surface area contributed by atoms with Crippen molar-refractivity contribution in [1.29, 1.82) is 0 Å². The minimum Gasteiger partial charge on any atom is -0.301 e. The largest absolute Gasteiger partial charge is 0.301 e. The molecule has 3 aliphatic rings. The van der Waals surface area contributed by atoms with Crippen molar-refractivity contribution < 1.29 is 0 Å². The lowest BCUT2D eigenvalue weighted by Crippen LogP contribution is -2.71. The molecule has 4 atom stereocenters. The minimum absolute atomic E-state index is 0.192. The Morgan fingerprint density at radius 3 is 1.57 bits per heavy atom. The van der Waals surface area contributed by atoms with Gasteiger partial charge in [0.05, 0.1) is 29.2 Å². The number of fused-ring (bicyclic) bond motifs is 6. The van der Waals surface area contributed by atoms with Crippen LogP contribution in [0, 0.1) is 12.3 Å². The van der Waals surface area contributed by atoms with Gasteiger partial charge in [0.2, 0.25) is 0 Å².